The van der Waals surface area contributed by atoms with Gasteiger partial charge in [0.1, 0.15) is 17.6 Å². The van der Waals surface area contributed by atoms with Gasteiger partial charge in [0, 0.05) is 30.4 Å². The number of nitrogens with two attached hydrogens (primary N) is 1. The highest BCUT2D eigenvalue weighted by molar-refractivity contribution is 5.97. The topological polar surface area (TPSA) is 123 Å². The van der Waals surface area contributed by atoms with E-state index >= 15 is 4.39 Å². The first kappa shape index (κ1) is 22.8. The van der Waals surface area contributed by atoms with Gasteiger partial charge in [-0.1, -0.05) is 6.07 Å². The number of aromatic nitrogens is 3. The number of carbonyl (C=O) groups is 2. The first-order chi connectivity index (χ1) is 17.0. The molecule has 10 heteroatoms. The minimum Gasteiger partial charge on any atom is -0.489 e. The van der Waals surface area contributed by atoms with E-state index in [2.05, 4.69) is 15.2 Å². The number of hydrogen-bond donors (Lipinski definition) is 2. The van der Waals surface area contributed by atoms with Crippen LogP contribution >= 0.6 is 0 Å². The molecule has 0 radical (unpaired) electrons. The number of pyridine rings is 1. The van der Waals surface area contributed by atoms with Crippen molar-refractivity contribution in [3.8, 4) is 22.6 Å². The molecule has 1 aliphatic heterocycles. The highest BCUT2D eigenvalue weighted by Gasteiger charge is 2.34. The molecule has 2 amide bonds. The number of H-pyrrole nitrogens is 1. The minimum atomic E-state index is -1.41. The Morgan fingerprint density at radius 1 is 1.11 bits per heavy atom. The fourth-order valence-electron chi connectivity index (χ4n) is 4.05. The van der Waals surface area contributed by atoms with Crippen molar-refractivity contribution in [2.24, 2.45) is 5.73 Å². The number of aromatic amines is 1. The third kappa shape index (κ3) is 5.42. The molecule has 3 N–H and O–H groups in total. The lowest BCUT2D eigenvalue weighted by Gasteiger charge is -2.35. The van der Waals surface area contributed by atoms with E-state index in [1.54, 1.807) is 48.9 Å². The third-order valence-electron chi connectivity index (χ3n) is 6.15. The van der Waals surface area contributed by atoms with Crippen LogP contribution in [0.25, 0.3) is 11.1 Å². The van der Waals surface area contributed by atoms with E-state index in [1.807, 2.05) is 0 Å². The van der Waals surface area contributed by atoms with E-state index in [9.17, 15) is 9.59 Å². The SMILES string of the molecule is NC(=O)c1cc(-c2cn[nH]c2)ccc1O[C@H]1CCN(C(=O)Cc2ccc(OC3CC3)cn2)CC1F. The summed E-state index contributed by atoms with van der Waals surface area (Å²) in [5.74, 6) is 0.0414. The van der Waals surface area contributed by atoms with Crippen molar-refractivity contribution in [2.45, 2.75) is 44.1 Å². The number of primary amides is 1. The number of piperidine rings is 1. The summed E-state index contributed by atoms with van der Waals surface area (Å²) >= 11 is 0. The van der Waals surface area contributed by atoms with Gasteiger partial charge >= 0.3 is 0 Å². The van der Waals surface area contributed by atoms with Crippen LogP contribution in [0.2, 0.25) is 0 Å². The zero-order valence-electron chi connectivity index (χ0n) is 19.0. The van der Waals surface area contributed by atoms with Gasteiger partial charge in [0.15, 0.2) is 6.17 Å². The summed E-state index contributed by atoms with van der Waals surface area (Å²) in [5, 5.41) is 6.61. The van der Waals surface area contributed by atoms with Crippen LogP contribution in [0.15, 0.2) is 48.9 Å². The second kappa shape index (κ2) is 9.73. The number of hydrogen-bond acceptors (Lipinski definition) is 6. The van der Waals surface area contributed by atoms with Crippen LogP contribution in [0.4, 0.5) is 4.39 Å². The fraction of sp³-hybridized carbons (Fsp3) is 0.360. The number of rotatable bonds is 8. The van der Waals surface area contributed by atoms with Crippen molar-refractivity contribution in [1.29, 1.82) is 0 Å². The van der Waals surface area contributed by atoms with Crippen molar-refractivity contribution in [1.82, 2.24) is 20.1 Å². The van der Waals surface area contributed by atoms with Crippen LogP contribution in [0, 0.1) is 0 Å². The average Bonchev–Trinajstić information content (AvgIpc) is 3.49. The van der Waals surface area contributed by atoms with Gasteiger partial charge in [-0.05, 0) is 42.7 Å². The van der Waals surface area contributed by atoms with Crippen molar-refractivity contribution < 1.29 is 23.5 Å². The molecule has 2 aromatic heterocycles. The summed E-state index contributed by atoms with van der Waals surface area (Å²) in [4.78, 5) is 30.5. The number of likely N-dealkylation sites (tertiary alicyclic amines) is 1. The summed E-state index contributed by atoms with van der Waals surface area (Å²) in [7, 11) is 0. The molecule has 2 fully saturated rings. The molecule has 1 aromatic carbocycles. The Labute approximate surface area is 201 Å². The van der Waals surface area contributed by atoms with E-state index in [-0.39, 0.29) is 42.7 Å². The van der Waals surface area contributed by atoms with Gasteiger partial charge in [-0.15, -0.1) is 0 Å². The number of nitrogens with one attached hydrogen (secondary N) is 1. The Kier molecular flexibility index (Phi) is 6.35. The van der Waals surface area contributed by atoms with Crippen LogP contribution in [-0.4, -0.2) is 63.4 Å². The van der Waals surface area contributed by atoms with Gasteiger partial charge < -0.3 is 20.1 Å². The highest BCUT2D eigenvalue weighted by Crippen LogP contribution is 2.29. The second-order valence-corrected chi connectivity index (χ2v) is 8.84. The number of benzene rings is 1. The molecule has 1 saturated heterocycles. The Morgan fingerprint density at radius 2 is 1.97 bits per heavy atom. The average molecular weight is 480 g/mol. The number of halogens is 1. The lowest BCUT2D eigenvalue weighted by Crippen LogP contribution is -2.49. The van der Waals surface area contributed by atoms with Gasteiger partial charge in [0.05, 0.1) is 37.0 Å². The van der Waals surface area contributed by atoms with Crippen LogP contribution in [0.3, 0.4) is 0 Å². The summed E-state index contributed by atoms with van der Waals surface area (Å²) < 4.78 is 26.6. The number of amides is 2. The Morgan fingerprint density at radius 3 is 2.63 bits per heavy atom. The maximum atomic E-state index is 15.0. The van der Waals surface area contributed by atoms with Gasteiger partial charge in [-0.3, -0.25) is 19.7 Å². The summed E-state index contributed by atoms with van der Waals surface area (Å²) in [6, 6.07) is 8.53. The Bertz CT molecular complexity index is 1200. The molecule has 1 saturated carbocycles. The maximum Gasteiger partial charge on any atom is 0.252 e. The standard InChI is InChI=1S/C25H26FN5O4/c26-21-14-31(24(32)10-17-2-3-19(13-28-17)34-18-4-5-18)8-7-23(21)35-22-6-1-15(9-20(22)25(27)33)16-11-29-30-12-16/h1-3,6,9,11-13,18,21,23H,4-5,7-8,10,14H2,(H2,27,33)(H,29,30)/t21?,23-/m0/s1. The zero-order chi connectivity index (χ0) is 24.4. The van der Waals surface area contributed by atoms with Gasteiger partial charge in [0.2, 0.25) is 5.91 Å². The lowest BCUT2D eigenvalue weighted by molar-refractivity contribution is -0.134. The van der Waals surface area contributed by atoms with Crippen LogP contribution in [0.1, 0.15) is 35.3 Å². The van der Waals surface area contributed by atoms with E-state index in [4.69, 9.17) is 15.2 Å². The smallest absolute Gasteiger partial charge is 0.252 e. The molecule has 5 rings (SSSR count). The van der Waals surface area contributed by atoms with Crippen molar-refractivity contribution >= 4 is 11.8 Å². The predicted octanol–water partition coefficient (Wildman–Crippen LogP) is 2.67. The van der Waals surface area contributed by atoms with E-state index in [0.717, 1.165) is 24.0 Å². The molecule has 35 heavy (non-hydrogen) atoms. The summed E-state index contributed by atoms with van der Waals surface area (Å²) in [5.41, 5.74) is 7.83. The summed E-state index contributed by atoms with van der Waals surface area (Å²) in [6.07, 6.45) is 5.50. The lowest BCUT2D eigenvalue weighted by atomic mass is 10.0. The second-order valence-electron chi connectivity index (χ2n) is 8.84. The molecule has 3 heterocycles. The highest BCUT2D eigenvalue weighted by atomic mass is 19.1. The fourth-order valence-corrected chi connectivity index (χ4v) is 4.05. The molecule has 2 atom stereocenters. The van der Waals surface area contributed by atoms with E-state index < -0.39 is 18.2 Å². The van der Waals surface area contributed by atoms with E-state index in [1.165, 1.54) is 4.90 Å². The molecule has 182 valence electrons. The van der Waals surface area contributed by atoms with Gasteiger partial charge in [0.25, 0.3) is 5.91 Å². The summed E-state index contributed by atoms with van der Waals surface area (Å²) in [6.45, 7) is 0.247. The Hall–Kier alpha value is -3.95. The quantitative estimate of drug-likeness (QED) is 0.512. The first-order valence-corrected chi connectivity index (χ1v) is 11.6. The largest absolute Gasteiger partial charge is 0.489 e. The van der Waals surface area contributed by atoms with Gasteiger partial charge in [-0.2, -0.15) is 5.10 Å². The van der Waals surface area contributed by atoms with Crippen molar-refractivity contribution in [3.63, 3.8) is 0 Å². The molecule has 3 aromatic rings. The molecule has 0 bridgehead atoms. The van der Waals surface area contributed by atoms with E-state index in [0.29, 0.717) is 18.0 Å². The third-order valence-corrected chi connectivity index (χ3v) is 6.15. The molecular weight excluding hydrogens is 453 g/mol. The first-order valence-electron chi connectivity index (χ1n) is 11.6. The molecule has 9 nitrogen and oxygen atoms in total. The Balaban J connectivity index is 1.19. The number of ether oxygens (including phenoxy) is 2. The predicted molar refractivity (Wildman–Crippen MR) is 125 cm³/mol. The monoisotopic (exact) mass is 479 g/mol. The van der Waals surface area contributed by atoms with Gasteiger partial charge in [-0.25, -0.2) is 4.39 Å². The minimum absolute atomic E-state index is 0.0866. The molecule has 2 aliphatic rings. The normalized spacial score (nSPS) is 19.9. The molecular formula is C25H26FN5O4. The van der Waals surface area contributed by atoms with Crippen LogP contribution in [0.5, 0.6) is 11.5 Å². The number of alkyl halides is 1. The van der Waals surface area contributed by atoms with Crippen molar-refractivity contribution in [3.05, 3.63) is 60.2 Å². The number of carbonyl (C=O) groups excluding carboxylic acids is 2. The zero-order valence-corrected chi connectivity index (χ0v) is 19.0. The van der Waals surface area contributed by atoms with Crippen LogP contribution < -0.4 is 15.2 Å². The number of nitrogens with zero attached hydrogens (tertiary/aromatic N) is 3. The molecule has 1 aliphatic carbocycles. The molecule has 0 spiro atoms. The molecule has 1 unspecified atom stereocenters. The van der Waals surface area contributed by atoms with Crippen molar-refractivity contribution in [2.75, 3.05) is 13.1 Å². The maximum absolute atomic E-state index is 15.0. The van der Waals surface area contributed by atoms with Crippen LogP contribution in [-0.2, 0) is 11.2 Å².